The zero-order chi connectivity index (χ0) is 47.5. The van der Waals surface area contributed by atoms with Gasteiger partial charge in [-0.3, -0.25) is 14.4 Å². The number of carbonyl (C=O) groups is 3. The van der Waals surface area contributed by atoms with Crippen molar-refractivity contribution < 1.29 is 29.0 Å². The largest absolute Gasteiger partial charge is 0.481 e. The highest BCUT2D eigenvalue weighted by Gasteiger charge is 2.64. The molecule has 1 N–H and O–H groups in total. The molecule has 0 aliphatic heterocycles. The molecule has 0 saturated heterocycles. The van der Waals surface area contributed by atoms with Gasteiger partial charge in [-0.2, -0.15) is 0 Å². The van der Waals surface area contributed by atoms with Gasteiger partial charge in [0.1, 0.15) is 12.2 Å². The Hall–Kier alpha value is -2.11. The van der Waals surface area contributed by atoms with E-state index in [0.717, 1.165) is 77.0 Å². The van der Waals surface area contributed by atoms with Gasteiger partial charge in [0.2, 0.25) is 0 Å². The van der Waals surface area contributed by atoms with Gasteiger partial charge in [-0.1, -0.05) is 162 Å². The van der Waals surface area contributed by atoms with Gasteiger partial charge in [-0.25, -0.2) is 0 Å². The van der Waals surface area contributed by atoms with Crippen LogP contribution >= 0.6 is 0 Å². The molecule has 0 radical (unpaired) electrons. The second-order valence-electron chi connectivity index (χ2n) is 22.9. The number of unbranched alkanes of at least 4 members (excludes halogenated alkanes) is 22. The van der Waals surface area contributed by atoms with Gasteiger partial charge < -0.3 is 14.6 Å². The van der Waals surface area contributed by atoms with Crippen molar-refractivity contribution in [2.24, 2.45) is 46.3 Å². The molecule has 0 unspecified atom stereocenters. The maximum absolute atomic E-state index is 13.8. The van der Waals surface area contributed by atoms with Gasteiger partial charge >= 0.3 is 17.9 Å². The highest BCUT2D eigenvalue weighted by atomic mass is 16.5. The number of allylic oxidation sites excluding steroid dienone is 4. The second-order valence-corrected chi connectivity index (χ2v) is 22.9. The summed E-state index contributed by atoms with van der Waals surface area (Å²) in [5.41, 5.74) is 0.296. The first-order valence-electron chi connectivity index (χ1n) is 28.9. The van der Waals surface area contributed by atoms with Crippen LogP contribution in [0.5, 0.6) is 0 Å². The van der Waals surface area contributed by atoms with E-state index in [-0.39, 0.29) is 41.4 Å². The molecule has 6 nitrogen and oxygen atoms in total. The Labute approximate surface area is 406 Å². The summed E-state index contributed by atoms with van der Waals surface area (Å²) in [6.07, 6.45) is 52.1. The number of carbonyl (C=O) groups excluding carboxylic acids is 2. The highest BCUT2D eigenvalue weighted by Crippen LogP contribution is 2.69. The van der Waals surface area contributed by atoms with Gasteiger partial charge in [-0.05, 0) is 162 Å². The van der Waals surface area contributed by atoms with Crippen molar-refractivity contribution >= 4 is 17.9 Å². The molecule has 0 spiro atoms. The summed E-state index contributed by atoms with van der Waals surface area (Å²) in [5, 5.41) is 9.51. The number of carboxylic acids is 1. The van der Waals surface area contributed by atoms with E-state index in [0.29, 0.717) is 48.3 Å². The Bertz CT molecular complexity index is 1400. The third-order valence-electron chi connectivity index (χ3n) is 18.1. The third-order valence-corrected chi connectivity index (χ3v) is 18.1. The predicted octanol–water partition coefficient (Wildman–Crippen LogP) is 17.7. The van der Waals surface area contributed by atoms with Crippen molar-refractivity contribution in [1.82, 2.24) is 0 Å². The van der Waals surface area contributed by atoms with Crippen LogP contribution < -0.4 is 0 Å². The summed E-state index contributed by atoms with van der Waals surface area (Å²) in [6, 6.07) is 0. The lowest BCUT2D eigenvalue weighted by atomic mass is 9.43. The number of ether oxygens (including phenoxy) is 2. The van der Waals surface area contributed by atoms with Crippen LogP contribution in [0.1, 0.15) is 279 Å². The lowest BCUT2D eigenvalue weighted by Gasteiger charge is -2.62. The number of fused-ring (bicyclic) bond motifs is 5. The number of carboxylic acid groups (broad SMARTS) is 1. The normalized spacial score (nSPS) is 28.8. The van der Waals surface area contributed by atoms with E-state index >= 15 is 0 Å². The molecule has 0 amide bonds. The molecule has 0 bridgehead atoms. The van der Waals surface area contributed by atoms with Crippen molar-refractivity contribution in [2.75, 3.05) is 0 Å². The number of esters is 2. The van der Waals surface area contributed by atoms with Crippen LogP contribution in [-0.2, 0) is 23.9 Å². The predicted molar refractivity (Wildman–Crippen MR) is 275 cm³/mol. The van der Waals surface area contributed by atoms with Gasteiger partial charge in [0, 0.05) is 25.2 Å². The van der Waals surface area contributed by atoms with E-state index in [2.05, 4.69) is 58.9 Å². The molecular weight excluding hydrogens is 817 g/mol. The van der Waals surface area contributed by atoms with Crippen molar-refractivity contribution in [1.29, 1.82) is 0 Å². The Morgan fingerprint density at radius 1 is 0.545 bits per heavy atom. The standard InChI is InChI=1S/C60H104O6/c1-6-8-10-12-14-16-18-20-22-24-26-28-30-32-34-36-56(63)65-50-42-44-59(4)49(46-50)47-54(58-52-40-39-51(48(3)38-41-55(61)62)60(52,5)45-43-53(58)59)66-57(64)37-35-33-31-29-27-25-23-21-19-17-15-13-11-9-7-2/h20-23,48-54,58H,6-19,24-47H2,1-5H3,(H,61,62)/b22-20-,23-21-/t48-,49+,50+,51-,52+,53+,54+,58+,59+,60-/m1/s1. The minimum absolute atomic E-state index is 0.0182. The van der Waals surface area contributed by atoms with Crippen molar-refractivity contribution in [3.63, 3.8) is 0 Å². The first-order chi connectivity index (χ1) is 32.0. The topological polar surface area (TPSA) is 89.9 Å². The summed E-state index contributed by atoms with van der Waals surface area (Å²) in [7, 11) is 0. The average molecular weight is 921 g/mol. The van der Waals surface area contributed by atoms with E-state index in [4.69, 9.17) is 9.47 Å². The highest BCUT2D eigenvalue weighted by molar-refractivity contribution is 5.70. The molecule has 10 atom stereocenters. The maximum Gasteiger partial charge on any atom is 0.306 e. The Kier molecular flexibility index (Phi) is 27.3. The molecule has 6 heteroatoms. The van der Waals surface area contributed by atoms with Crippen LogP contribution in [0.3, 0.4) is 0 Å². The molecule has 4 aliphatic carbocycles. The monoisotopic (exact) mass is 921 g/mol. The van der Waals surface area contributed by atoms with Crippen LogP contribution in [-0.4, -0.2) is 35.2 Å². The van der Waals surface area contributed by atoms with E-state index in [1.807, 2.05) is 0 Å². The minimum Gasteiger partial charge on any atom is -0.481 e. The van der Waals surface area contributed by atoms with Gasteiger partial charge in [0.25, 0.3) is 0 Å². The number of hydrogen-bond donors (Lipinski definition) is 1. The molecule has 0 aromatic carbocycles. The smallest absolute Gasteiger partial charge is 0.306 e. The molecule has 0 aromatic heterocycles. The number of hydrogen-bond acceptors (Lipinski definition) is 5. The lowest BCUT2D eigenvalue weighted by molar-refractivity contribution is -0.198. The minimum atomic E-state index is -0.695. The van der Waals surface area contributed by atoms with Crippen LogP contribution in [0.4, 0.5) is 0 Å². The van der Waals surface area contributed by atoms with Crippen molar-refractivity contribution in [2.45, 2.75) is 291 Å². The Morgan fingerprint density at radius 2 is 1.00 bits per heavy atom. The van der Waals surface area contributed by atoms with E-state index < -0.39 is 5.97 Å². The van der Waals surface area contributed by atoms with Gasteiger partial charge in [0.05, 0.1) is 0 Å². The van der Waals surface area contributed by atoms with Crippen LogP contribution in [0.2, 0.25) is 0 Å². The molecule has 66 heavy (non-hydrogen) atoms. The Morgan fingerprint density at radius 3 is 1.52 bits per heavy atom. The fraction of sp³-hybridized carbons (Fsp3) is 0.883. The van der Waals surface area contributed by atoms with Crippen LogP contribution in [0.25, 0.3) is 0 Å². The van der Waals surface area contributed by atoms with Gasteiger partial charge in [0.15, 0.2) is 0 Å². The zero-order valence-corrected chi connectivity index (χ0v) is 43.8. The summed E-state index contributed by atoms with van der Waals surface area (Å²) >= 11 is 0. The van der Waals surface area contributed by atoms with Crippen molar-refractivity contribution in [3.8, 4) is 0 Å². The van der Waals surface area contributed by atoms with E-state index in [1.54, 1.807) is 0 Å². The van der Waals surface area contributed by atoms with Crippen LogP contribution in [0, 0.1) is 46.3 Å². The fourth-order valence-electron chi connectivity index (χ4n) is 14.1. The van der Waals surface area contributed by atoms with Crippen molar-refractivity contribution in [3.05, 3.63) is 24.3 Å². The average Bonchev–Trinajstić information content (AvgIpc) is 3.65. The molecule has 4 fully saturated rings. The molecule has 4 rings (SSSR count). The lowest BCUT2D eigenvalue weighted by Crippen LogP contribution is -2.59. The second kappa shape index (κ2) is 31.9. The summed E-state index contributed by atoms with van der Waals surface area (Å²) in [6.45, 7) is 11.9. The first-order valence-corrected chi connectivity index (χ1v) is 28.9. The molecule has 0 heterocycles. The number of aliphatic carboxylic acids is 1. The maximum atomic E-state index is 13.8. The molecular formula is C60H104O6. The number of rotatable bonds is 36. The molecule has 380 valence electrons. The Balaban J connectivity index is 1.23. The zero-order valence-electron chi connectivity index (χ0n) is 43.8. The molecule has 0 aromatic rings. The van der Waals surface area contributed by atoms with Gasteiger partial charge in [-0.15, -0.1) is 0 Å². The van der Waals surface area contributed by atoms with Crippen LogP contribution in [0.15, 0.2) is 24.3 Å². The van der Waals surface area contributed by atoms with E-state index in [9.17, 15) is 19.5 Å². The summed E-state index contributed by atoms with van der Waals surface area (Å²) in [5.74, 6) is 1.85. The fourth-order valence-corrected chi connectivity index (χ4v) is 14.1. The van der Waals surface area contributed by atoms with E-state index in [1.165, 1.54) is 148 Å². The SMILES string of the molecule is CCCCCCCC/C=C\CCCCCCCC(=O)O[C@H]1CC[C@@]2(C)[C@@H](C1)C[C@H](OC(=O)CCCCCCC/C=C\CCCCCCCC)[C@@H]1[C@@H]2CC[C@]2(C)[C@@H]([C@H](C)CCC(=O)O)CC[C@@H]12. The summed E-state index contributed by atoms with van der Waals surface area (Å²) < 4.78 is 13.0. The molecule has 4 saturated carbocycles. The first kappa shape index (κ1) is 56.5. The third kappa shape index (κ3) is 19.0. The quantitative estimate of drug-likeness (QED) is 0.0382. The molecule has 4 aliphatic rings. The summed E-state index contributed by atoms with van der Waals surface area (Å²) in [4.78, 5) is 38.5.